The summed E-state index contributed by atoms with van der Waals surface area (Å²) in [4.78, 5) is 33.5. The highest BCUT2D eigenvalue weighted by molar-refractivity contribution is 5.98. The highest BCUT2D eigenvalue weighted by Crippen LogP contribution is 2.09. The van der Waals surface area contributed by atoms with Crippen LogP contribution in [0.25, 0.3) is 0 Å². The van der Waals surface area contributed by atoms with E-state index in [-0.39, 0.29) is 25.4 Å². The maximum atomic E-state index is 11.3. The predicted octanol–water partition coefficient (Wildman–Crippen LogP) is 0.708. The lowest BCUT2D eigenvalue weighted by Gasteiger charge is -2.12. The first kappa shape index (κ1) is 13.6. The van der Waals surface area contributed by atoms with Crippen molar-refractivity contribution in [2.45, 2.75) is 27.2 Å². The molecule has 0 aromatic heterocycles. The summed E-state index contributed by atoms with van der Waals surface area (Å²) in [5, 5.41) is 0. The molecule has 86 valence electrons. The van der Waals surface area contributed by atoms with E-state index in [4.69, 9.17) is 0 Å². The van der Waals surface area contributed by atoms with Gasteiger partial charge in [-0.15, -0.1) is 0 Å². The third-order valence-electron chi connectivity index (χ3n) is 1.63. The number of esters is 2. The van der Waals surface area contributed by atoms with Gasteiger partial charge in [-0.1, -0.05) is 0 Å². The first-order valence-corrected chi connectivity index (χ1v) is 4.85. The van der Waals surface area contributed by atoms with Crippen molar-refractivity contribution < 1.29 is 23.9 Å². The fourth-order valence-corrected chi connectivity index (χ4v) is 1.04. The number of ketones is 1. The van der Waals surface area contributed by atoms with Gasteiger partial charge >= 0.3 is 11.9 Å². The smallest absolute Gasteiger partial charge is 0.320 e. The zero-order chi connectivity index (χ0) is 11.8. The molecule has 0 aromatic rings. The molecule has 0 aliphatic carbocycles. The van der Waals surface area contributed by atoms with Crippen LogP contribution in [0.3, 0.4) is 0 Å². The van der Waals surface area contributed by atoms with Gasteiger partial charge in [-0.25, -0.2) is 0 Å². The highest BCUT2D eigenvalue weighted by Gasteiger charge is 2.30. The van der Waals surface area contributed by atoms with Crippen molar-refractivity contribution in [1.29, 1.82) is 0 Å². The molecule has 15 heavy (non-hydrogen) atoms. The van der Waals surface area contributed by atoms with Gasteiger partial charge in [-0.3, -0.25) is 14.4 Å². The van der Waals surface area contributed by atoms with Crippen molar-refractivity contribution in [2.24, 2.45) is 5.92 Å². The molecule has 0 aliphatic heterocycles. The van der Waals surface area contributed by atoms with Crippen LogP contribution in [0.2, 0.25) is 0 Å². The van der Waals surface area contributed by atoms with E-state index in [1.807, 2.05) is 0 Å². The third kappa shape index (κ3) is 5.15. The molecule has 0 N–H and O–H groups in total. The Bertz CT molecular complexity index is 228. The number of Topliss-reactive ketones (excluding diaryl/α,β-unsaturated/α-hetero) is 1. The minimum atomic E-state index is -1.12. The lowest BCUT2D eigenvalue weighted by molar-refractivity contribution is -0.163. The monoisotopic (exact) mass is 216 g/mol. The molecule has 0 rings (SSSR count). The molecule has 0 spiro atoms. The first-order chi connectivity index (χ1) is 7.02. The van der Waals surface area contributed by atoms with Gasteiger partial charge < -0.3 is 9.47 Å². The van der Waals surface area contributed by atoms with Crippen molar-refractivity contribution in [3.63, 3.8) is 0 Å². The summed E-state index contributed by atoms with van der Waals surface area (Å²) in [5.41, 5.74) is 0. The SMILES string of the molecule is CCOC(=O)C(CC(C)=O)C(=O)OCC. The molecule has 5 heteroatoms. The van der Waals surface area contributed by atoms with Crippen molar-refractivity contribution in [3.05, 3.63) is 0 Å². The number of hydrogen-bond acceptors (Lipinski definition) is 5. The second kappa shape index (κ2) is 6.98. The van der Waals surface area contributed by atoms with E-state index in [1.54, 1.807) is 13.8 Å². The normalized spacial score (nSPS) is 9.87. The molecule has 0 atom stereocenters. The molecule has 0 bridgehead atoms. The Kier molecular flexibility index (Phi) is 6.33. The van der Waals surface area contributed by atoms with E-state index in [0.29, 0.717) is 0 Å². The average Bonchev–Trinajstić information content (AvgIpc) is 2.14. The predicted molar refractivity (Wildman–Crippen MR) is 52.1 cm³/mol. The van der Waals surface area contributed by atoms with Gasteiger partial charge in [0, 0.05) is 6.42 Å². The van der Waals surface area contributed by atoms with Crippen molar-refractivity contribution in [2.75, 3.05) is 13.2 Å². The molecule has 0 fully saturated rings. The molecule has 0 aromatic carbocycles. The van der Waals surface area contributed by atoms with Crippen LogP contribution >= 0.6 is 0 Å². The maximum absolute atomic E-state index is 11.3. The molecule has 5 nitrogen and oxygen atoms in total. The van der Waals surface area contributed by atoms with Crippen LogP contribution in [0.1, 0.15) is 27.2 Å². The standard InChI is InChI=1S/C10H16O5/c1-4-14-9(12)8(6-7(3)11)10(13)15-5-2/h8H,4-6H2,1-3H3. The molecule has 0 aliphatic rings. The summed E-state index contributed by atoms with van der Waals surface area (Å²) in [6.45, 7) is 4.92. The largest absolute Gasteiger partial charge is 0.465 e. The second-order valence-corrected chi connectivity index (χ2v) is 2.96. The van der Waals surface area contributed by atoms with Crippen LogP contribution in [-0.2, 0) is 23.9 Å². The molecule has 0 saturated heterocycles. The lowest BCUT2D eigenvalue weighted by atomic mass is 10.0. The lowest BCUT2D eigenvalue weighted by Crippen LogP contribution is -2.29. The molecule has 0 unspecified atom stereocenters. The van der Waals surface area contributed by atoms with Crippen LogP contribution in [0.4, 0.5) is 0 Å². The minimum absolute atomic E-state index is 0.169. The first-order valence-electron chi connectivity index (χ1n) is 4.85. The second-order valence-electron chi connectivity index (χ2n) is 2.96. The van der Waals surface area contributed by atoms with Gasteiger partial charge in [-0.2, -0.15) is 0 Å². The Labute approximate surface area is 88.7 Å². The zero-order valence-electron chi connectivity index (χ0n) is 9.24. The Morgan fingerprint density at radius 2 is 1.40 bits per heavy atom. The quantitative estimate of drug-likeness (QED) is 0.483. The number of carbonyl (C=O) groups is 3. The van der Waals surface area contributed by atoms with E-state index in [9.17, 15) is 14.4 Å². The Hall–Kier alpha value is -1.39. The summed E-state index contributed by atoms with van der Waals surface area (Å²) in [5.74, 6) is -2.78. The van der Waals surface area contributed by atoms with E-state index in [0.717, 1.165) is 0 Å². The van der Waals surface area contributed by atoms with E-state index in [1.165, 1.54) is 6.92 Å². The van der Waals surface area contributed by atoms with Crippen LogP contribution in [0, 0.1) is 5.92 Å². The van der Waals surface area contributed by atoms with Gasteiger partial charge in [0.25, 0.3) is 0 Å². The Morgan fingerprint density at radius 1 is 1.00 bits per heavy atom. The van der Waals surface area contributed by atoms with E-state index < -0.39 is 17.9 Å². The molecular weight excluding hydrogens is 200 g/mol. The van der Waals surface area contributed by atoms with Gasteiger partial charge in [0.2, 0.25) is 0 Å². The van der Waals surface area contributed by atoms with Crippen LogP contribution in [0.15, 0.2) is 0 Å². The van der Waals surface area contributed by atoms with Gasteiger partial charge in [0.1, 0.15) is 5.78 Å². The number of rotatable bonds is 6. The maximum Gasteiger partial charge on any atom is 0.320 e. The molecule has 0 heterocycles. The van der Waals surface area contributed by atoms with Gasteiger partial charge in [-0.05, 0) is 20.8 Å². The number of carbonyl (C=O) groups excluding carboxylic acids is 3. The molecule has 0 radical (unpaired) electrons. The molecular formula is C10H16O5. The summed E-state index contributed by atoms with van der Waals surface area (Å²) in [6, 6.07) is 0. The van der Waals surface area contributed by atoms with E-state index in [2.05, 4.69) is 9.47 Å². The molecule has 0 saturated carbocycles. The van der Waals surface area contributed by atoms with Crippen LogP contribution in [0.5, 0.6) is 0 Å². The Balaban J connectivity index is 4.49. The zero-order valence-corrected chi connectivity index (χ0v) is 9.24. The summed E-state index contributed by atoms with van der Waals surface area (Å²) in [6.07, 6.45) is -0.169. The number of ether oxygens (including phenoxy) is 2. The minimum Gasteiger partial charge on any atom is -0.465 e. The van der Waals surface area contributed by atoms with Crippen LogP contribution in [-0.4, -0.2) is 30.9 Å². The summed E-state index contributed by atoms with van der Waals surface area (Å²) < 4.78 is 9.36. The van der Waals surface area contributed by atoms with Crippen LogP contribution < -0.4 is 0 Å². The van der Waals surface area contributed by atoms with Gasteiger partial charge in [0.15, 0.2) is 5.92 Å². The highest BCUT2D eigenvalue weighted by atomic mass is 16.6. The summed E-state index contributed by atoms with van der Waals surface area (Å²) >= 11 is 0. The average molecular weight is 216 g/mol. The molecule has 0 amide bonds. The van der Waals surface area contributed by atoms with Crippen molar-refractivity contribution >= 4 is 17.7 Å². The van der Waals surface area contributed by atoms with Crippen molar-refractivity contribution in [3.8, 4) is 0 Å². The van der Waals surface area contributed by atoms with Gasteiger partial charge in [0.05, 0.1) is 13.2 Å². The fourth-order valence-electron chi connectivity index (χ4n) is 1.04. The number of hydrogen-bond donors (Lipinski definition) is 0. The summed E-state index contributed by atoms with van der Waals surface area (Å²) in [7, 11) is 0. The third-order valence-corrected chi connectivity index (χ3v) is 1.63. The fraction of sp³-hybridized carbons (Fsp3) is 0.700. The Morgan fingerprint density at radius 3 is 1.67 bits per heavy atom. The van der Waals surface area contributed by atoms with Crippen molar-refractivity contribution in [1.82, 2.24) is 0 Å². The topological polar surface area (TPSA) is 69.7 Å². The van der Waals surface area contributed by atoms with E-state index >= 15 is 0 Å².